The number of halogens is 1. The number of aldehydes is 1. The highest BCUT2D eigenvalue weighted by atomic mass is 35.5. The Balaban J connectivity index is 2.13. The third-order valence-corrected chi connectivity index (χ3v) is 3.56. The summed E-state index contributed by atoms with van der Waals surface area (Å²) in [6, 6.07) is 3.88. The van der Waals surface area contributed by atoms with Gasteiger partial charge in [0.25, 0.3) is 0 Å². The van der Waals surface area contributed by atoms with Crippen LogP contribution >= 0.6 is 11.8 Å². The first-order valence-corrected chi connectivity index (χ1v) is 5.51. The Morgan fingerprint density at radius 2 is 1.93 bits per heavy atom. The summed E-state index contributed by atoms with van der Waals surface area (Å²) in [6.45, 7) is 1.63. The lowest BCUT2D eigenvalue weighted by Gasteiger charge is -2.34. The molecule has 1 saturated heterocycles. The molecular weight excluding hydrogens is 212 g/mol. The zero-order chi connectivity index (χ0) is 10.7. The first kappa shape index (κ1) is 10.6. The summed E-state index contributed by atoms with van der Waals surface area (Å²) in [7, 11) is 0. The van der Waals surface area contributed by atoms with Gasteiger partial charge in [0, 0.05) is 43.3 Å². The molecule has 80 valence electrons. The molecule has 0 aromatic carbocycles. The van der Waals surface area contributed by atoms with Crippen LogP contribution < -0.4 is 4.00 Å². The van der Waals surface area contributed by atoms with Crippen molar-refractivity contribution in [2.75, 3.05) is 13.1 Å². The number of aromatic nitrogens is 1. The highest BCUT2D eigenvalue weighted by molar-refractivity contribution is 6.21. The summed E-state index contributed by atoms with van der Waals surface area (Å²) in [5, 5.41) is 0. The van der Waals surface area contributed by atoms with Crippen LogP contribution in [0.25, 0.3) is 0 Å². The first-order valence-electron chi connectivity index (χ1n) is 5.17. The van der Waals surface area contributed by atoms with E-state index in [4.69, 9.17) is 11.8 Å². The number of carbonyl (C=O) groups is 1. The zero-order valence-corrected chi connectivity index (χ0v) is 9.23. The second-order valence-electron chi connectivity index (χ2n) is 3.99. The minimum Gasteiger partial charge on any atom is -0.303 e. The van der Waals surface area contributed by atoms with Crippen molar-refractivity contribution < 1.29 is 4.79 Å². The molecule has 0 bridgehead atoms. The summed E-state index contributed by atoms with van der Waals surface area (Å²) in [6.07, 6.45) is 6.30. The van der Waals surface area contributed by atoms with Crippen LogP contribution in [0.5, 0.6) is 0 Å². The molecule has 0 radical (unpaired) electrons. The van der Waals surface area contributed by atoms with Gasteiger partial charge in [-0.05, 0) is 0 Å². The van der Waals surface area contributed by atoms with Crippen LogP contribution in [0.4, 0.5) is 5.69 Å². The number of hydrogen-bond donors (Lipinski definition) is 0. The maximum atomic E-state index is 10.6. The number of piperidine rings is 1. The fraction of sp³-hybridized carbons (Fsp3) is 0.455. The smallest absolute Gasteiger partial charge is 0.171 e. The lowest BCUT2D eigenvalue weighted by atomic mass is 9.98. The van der Waals surface area contributed by atoms with Gasteiger partial charge >= 0.3 is 0 Å². The van der Waals surface area contributed by atoms with Gasteiger partial charge in [0.05, 0.1) is 0 Å². The lowest BCUT2D eigenvalue weighted by Crippen LogP contribution is -2.46. The average molecular weight is 226 g/mol. The van der Waals surface area contributed by atoms with Crippen LogP contribution in [0.3, 0.4) is 0 Å². The summed E-state index contributed by atoms with van der Waals surface area (Å²) in [5.41, 5.74) is 1.07. The Morgan fingerprint density at radius 3 is 2.47 bits per heavy atom. The van der Waals surface area contributed by atoms with E-state index < -0.39 is 0 Å². The summed E-state index contributed by atoms with van der Waals surface area (Å²) >= 11 is 6.52. The summed E-state index contributed by atoms with van der Waals surface area (Å²) < 4.78 is 0.410. The largest absolute Gasteiger partial charge is 0.303 e. The number of hydrogen-bond acceptors (Lipinski definition) is 2. The van der Waals surface area contributed by atoms with E-state index in [0.717, 1.165) is 37.9 Å². The minimum absolute atomic E-state index is 0.192. The van der Waals surface area contributed by atoms with Gasteiger partial charge in [-0.1, -0.05) is 0 Å². The van der Waals surface area contributed by atoms with Crippen molar-refractivity contribution in [2.45, 2.75) is 12.8 Å². The Hall–Kier alpha value is -0.930. The van der Waals surface area contributed by atoms with E-state index in [1.165, 1.54) is 0 Å². The molecule has 0 N–H and O–H groups in total. The predicted octanol–water partition coefficient (Wildman–Crippen LogP) is 2.15. The van der Waals surface area contributed by atoms with Crippen molar-refractivity contribution in [3.8, 4) is 0 Å². The second kappa shape index (κ2) is 4.29. The maximum Gasteiger partial charge on any atom is 0.171 e. The van der Waals surface area contributed by atoms with E-state index in [9.17, 15) is 4.79 Å². The second-order valence-corrected chi connectivity index (χ2v) is 4.64. The number of pyridine rings is 1. The van der Waals surface area contributed by atoms with Gasteiger partial charge in [-0.3, -0.25) is 4.98 Å². The molecule has 1 fully saturated rings. The molecule has 3 nitrogen and oxygen atoms in total. The summed E-state index contributed by atoms with van der Waals surface area (Å²) in [5.74, 6) is 0.192. The van der Waals surface area contributed by atoms with Gasteiger partial charge < -0.3 is 4.79 Å². The highest BCUT2D eigenvalue weighted by Crippen LogP contribution is 2.32. The van der Waals surface area contributed by atoms with Crippen LogP contribution in [-0.2, 0) is 4.79 Å². The molecule has 0 saturated carbocycles. The van der Waals surface area contributed by atoms with Gasteiger partial charge in [-0.25, -0.2) is 0 Å². The van der Waals surface area contributed by atoms with E-state index in [2.05, 4.69) is 4.98 Å². The van der Waals surface area contributed by atoms with E-state index in [1.807, 2.05) is 12.1 Å². The molecule has 1 aliphatic rings. The zero-order valence-electron chi connectivity index (χ0n) is 8.47. The number of quaternary nitrogens is 1. The van der Waals surface area contributed by atoms with Crippen LogP contribution in [0.1, 0.15) is 12.8 Å². The van der Waals surface area contributed by atoms with Crippen LogP contribution in [0.2, 0.25) is 0 Å². The molecule has 2 heterocycles. The molecule has 0 atom stereocenters. The number of nitrogens with zero attached hydrogens (tertiary/aromatic N) is 2. The van der Waals surface area contributed by atoms with Gasteiger partial charge in [0.2, 0.25) is 0 Å². The SMILES string of the molecule is O=CC1CC[N+](Cl)(c2ccncc2)CC1. The molecule has 0 spiro atoms. The van der Waals surface area contributed by atoms with Crippen molar-refractivity contribution in [1.82, 2.24) is 8.99 Å². The van der Waals surface area contributed by atoms with Gasteiger partial charge in [0.1, 0.15) is 19.4 Å². The predicted molar refractivity (Wildman–Crippen MR) is 60.4 cm³/mol. The molecule has 1 aliphatic heterocycles. The van der Waals surface area contributed by atoms with E-state index in [1.54, 1.807) is 12.4 Å². The summed E-state index contributed by atoms with van der Waals surface area (Å²) in [4.78, 5) is 14.6. The quantitative estimate of drug-likeness (QED) is 0.570. The Bertz CT molecular complexity index is 334. The third kappa shape index (κ3) is 2.19. The van der Waals surface area contributed by atoms with Crippen molar-refractivity contribution in [3.05, 3.63) is 24.5 Å². The van der Waals surface area contributed by atoms with Crippen molar-refractivity contribution in [1.29, 1.82) is 0 Å². The lowest BCUT2D eigenvalue weighted by molar-refractivity contribution is -0.111. The highest BCUT2D eigenvalue weighted by Gasteiger charge is 2.35. The molecule has 0 aliphatic carbocycles. The molecular formula is C11H14ClN2O+. The topological polar surface area (TPSA) is 30.0 Å². The van der Waals surface area contributed by atoms with E-state index in [0.29, 0.717) is 4.00 Å². The Kier molecular flexibility index (Phi) is 3.03. The normalized spacial score (nSPS) is 31.1. The molecule has 15 heavy (non-hydrogen) atoms. The maximum absolute atomic E-state index is 10.6. The van der Waals surface area contributed by atoms with Crippen LogP contribution in [0.15, 0.2) is 24.5 Å². The number of rotatable bonds is 2. The van der Waals surface area contributed by atoms with Crippen molar-refractivity contribution in [2.24, 2.45) is 5.92 Å². The van der Waals surface area contributed by atoms with E-state index in [-0.39, 0.29) is 5.92 Å². The van der Waals surface area contributed by atoms with Gasteiger partial charge in [-0.15, -0.1) is 0 Å². The molecule has 1 aromatic heterocycles. The molecule has 1 aromatic rings. The van der Waals surface area contributed by atoms with Crippen LogP contribution in [-0.4, -0.2) is 24.4 Å². The standard InChI is InChI=1S/C11H14ClN2O/c12-14(11-1-5-13-6-2-11)7-3-10(9-15)4-8-14/h1-2,5-6,9-10H,3-4,7-8H2/q+1. The monoisotopic (exact) mass is 225 g/mol. The van der Waals surface area contributed by atoms with Crippen molar-refractivity contribution >= 4 is 23.8 Å². The molecule has 2 rings (SSSR count). The first-order chi connectivity index (χ1) is 7.24. The van der Waals surface area contributed by atoms with Crippen molar-refractivity contribution in [3.63, 3.8) is 0 Å². The fourth-order valence-electron chi connectivity index (χ4n) is 2.00. The Morgan fingerprint density at radius 1 is 1.33 bits per heavy atom. The fourth-order valence-corrected chi connectivity index (χ4v) is 2.31. The molecule has 0 unspecified atom stereocenters. The third-order valence-electron chi connectivity index (χ3n) is 3.03. The van der Waals surface area contributed by atoms with Gasteiger partial charge in [-0.2, -0.15) is 4.00 Å². The average Bonchev–Trinajstić information content (AvgIpc) is 2.31. The van der Waals surface area contributed by atoms with Crippen LogP contribution in [0, 0.1) is 5.92 Å². The molecule has 0 amide bonds. The molecule has 4 heteroatoms. The number of carbonyl (C=O) groups excluding carboxylic acids is 1. The van der Waals surface area contributed by atoms with Gasteiger partial charge in [0.15, 0.2) is 17.5 Å². The Labute approximate surface area is 94.4 Å². The minimum atomic E-state index is 0.192. The van der Waals surface area contributed by atoms with E-state index >= 15 is 0 Å².